The lowest BCUT2D eigenvalue weighted by Crippen LogP contribution is -2.39. The number of nitrogens with zero attached hydrogens (tertiary/aromatic N) is 2. The van der Waals surface area contributed by atoms with E-state index in [4.69, 9.17) is 5.11 Å². The van der Waals surface area contributed by atoms with Gasteiger partial charge in [-0.1, -0.05) is 12.8 Å². The molecule has 6 nitrogen and oxygen atoms in total. The van der Waals surface area contributed by atoms with Crippen LogP contribution >= 0.6 is 0 Å². The molecule has 0 aliphatic heterocycles. The van der Waals surface area contributed by atoms with Crippen molar-refractivity contribution < 1.29 is 14.7 Å². The second kappa shape index (κ2) is 6.74. The van der Waals surface area contributed by atoms with E-state index < -0.39 is 5.97 Å². The molecule has 116 valence electrons. The molecule has 0 radical (unpaired) electrons. The molecular formula is C15H23N3O3. The zero-order valence-corrected chi connectivity index (χ0v) is 12.4. The van der Waals surface area contributed by atoms with Crippen molar-refractivity contribution in [3.63, 3.8) is 0 Å². The van der Waals surface area contributed by atoms with E-state index in [-0.39, 0.29) is 23.8 Å². The van der Waals surface area contributed by atoms with Gasteiger partial charge in [-0.2, -0.15) is 5.10 Å². The highest BCUT2D eigenvalue weighted by molar-refractivity contribution is 5.78. The van der Waals surface area contributed by atoms with Crippen LogP contribution in [-0.2, 0) is 16.1 Å². The molecular weight excluding hydrogens is 270 g/mol. The van der Waals surface area contributed by atoms with Crippen molar-refractivity contribution in [3.05, 3.63) is 18.5 Å². The van der Waals surface area contributed by atoms with Gasteiger partial charge in [0.25, 0.3) is 0 Å². The number of nitrogens with one attached hydrogen (secondary N) is 1. The molecule has 1 atom stereocenters. The molecule has 1 fully saturated rings. The molecule has 1 amide bonds. The topological polar surface area (TPSA) is 84.2 Å². The van der Waals surface area contributed by atoms with Crippen molar-refractivity contribution >= 4 is 11.9 Å². The Morgan fingerprint density at radius 2 is 2.10 bits per heavy atom. The Morgan fingerprint density at radius 1 is 1.38 bits per heavy atom. The lowest BCUT2D eigenvalue weighted by molar-refractivity contribution is -0.140. The number of carbonyl (C=O) groups excluding carboxylic acids is 1. The minimum Gasteiger partial charge on any atom is -0.481 e. The number of carbonyl (C=O) groups is 2. The summed E-state index contributed by atoms with van der Waals surface area (Å²) >= 11 is 0. The third-order valence-electron chi connectivity index (χ3n) is 4.15. The van der Waals surface area contributed by atoms with Gasteiger partial charge in [-0.15, -0.1) is 0 Å². The van der Waals surface area contributed by atoms with Gasteiger partial charge in [0, 0.05) is 24.9 Å². The summed E-state index contributed by atoms with van der Waals surface area (Å²) in [6.07, 6.45) is 7.66. The molecule has 0 saturated heterocycles. The quantitative estimate of drug-likeness (QED) is 0.803. The Balaban J connectivity index is 1.86. The van der Waals surface area contributed by atoms with Crippen LogP contribution in [0.2, 0.25) is 0 Å². The van der Waals surface area contributed by atoms with E-state index >= 15 is 0 Å². The average Bonchev–Trinajstić information content (AvgIpc) is 3.00. The van der Waals surface area contributed by atoms with Crippen LogP contribution < -0.4 is 5.32 Å². The molecule has 1 aromatic heterocycles. The van der Waals surface area contributed by atoms with Crippen LogP contribution in [0.1, 0.15) is 45.4 Å². The lowest BCUT2D eigenvalue weighted by Gasteiger charge is -2.27. The highest BCUT2D eigenvalue weighted by atomic mass is 16.4. The van der Waals surface area contributed by atoms with E-state index in [1.807, 2.05) is 19.2 Å². The van der Waals surface area contributed by atoms with Gasteiger partial charge in [-0.05, 0) is 31.2 Å². The molecule has 1 aromatic rings. The van der Waals surface area contributed by atoms with Gasteiger partial charge in [0.15, 0.2) is 0 Å². The Hall–Kier alpha value is -1.85. The molecule has 1 unspecified atom stereocenters. The molecule has 1 saturated carbocycles. The second-order valence-electron chi connectivity index (χ2n) is 6.15. The van der Waals surface area contributed by atoms with Crippen molar-refractivity contribution in [2.75, 3.05) is 0 Å². The number of carboxylic acid groups (broad SMARTS) is 1. The van der Waals surface area contributed by atoms with Crippen molar-refractivity contribution in [2.24, 2.45) is 5.41 Å². The van der Waals surface area contributed by atoms with Gasteiger partial charge < -0.3 is 10.4 Å². The van der Waals surface area contributed by atoms with Gasteiger partial charge in [0.2, 0.25) is 5.91 Å². The first kappa shape index (κ1) is 15.5. The van der Waals surface area contributed by atoms with Crippen molar-refractivity contribution in [1.82, 2.24) is 15.1 Å². The minimum absolute atomic E-state index is 0.0271. The van der Waals surface area contributed by atoms with E-state index in [1.165, 1.54) is 0 Å². The highest BCUT2D eigenvalue weighted by Crippen LogP contribution is 2.44. The largest absolute Gasteiger partial charge is 0.481 e. The fraction of sp³-hybridized carbons (Fsp3) is 0.667. The predicted octanol–water partition coefficient (Wildman–Crippen LogP) is 1.81. The smallest absolute Gasteiger partial charge is 0.303 e. The van der Waals surface area contributed by atoms with E-state index in [0.717, 1.165) is 25.7 Å². The monoisotopic (exact) mass is 293 g/mol. The molecule has 0 spiro atoms. The van der Waals surface area contributed by atoms with Crippen molar-refractivity contribution in [3.8, 4) is 0 Å². The maximum absolute atomic E-state index is 12.2. The number of hydrogen-bond acceptors (Lipinski definition) is 3. The molecule has 2 N–H and O–H groups in total. The maximum Gasteiger partial charge on any atom is 0.303 e. The molecule has 1 aliphatic carbocycles. The van der Waals surface area contributed by atoms with Crippen LogP contribution in [0.4, 0.5) is 0 Å². The summed E-state index contributed by atoms with van der Waals surface area (Å²) in [6.45, 7) is 2.54. The molecule has 6 heteroatoms. The third-order valence-corrected chi connectivity index (χ3v) is 4.15. The first-order valence-electron chi connectivity index (χ1n) is 7.48. The lowest BCUT2D eigenvalue weighted by atomic mass is 9.79. The van der Waals surface area contributed by atoms with Gasteiger partial charge in [0.1, 0.15) is 0 Å². The summed E-state index contributed by atoms with van der Waals surface area (Å²) in [5, 5.41) is 16.1. The Kier molecular flexibility index (Phi) is 4.98. The zero-order chi connectivity index (χ0) is 15.3. The van der Waals surface area contributed by atoms with Crippen LogP contribution in [0.5, 0.6) is 0 Å². The van der Waals surface area contributed by atoms with Crippen LogP contribution in [-0.4, -0.2) is 32.8 Å². The summed E-state index contributed by atoms with van der Waals surface area (Å²) in [5.41, 5.74) is -0.346. The molecule has 0 bridgehead atoms. The fourth-order valence-electron chi connectivity index (χ4n) is 3.26. The Labute approximate surface area is 124 Å². The van der Waals surface area contributed by atoms with E-state index in [0.29, 0.717) is 13.0 Å². The van der Waals surface area contributed by atoms with Crippen molar-refractivity contribution in [2.45, 2.75) is 58.0 Å². The number of rotatable bonds is 7. The second-order valence-corrected chi connectivity index (χ2v) is 6.15. The van der Waals surface area contributed by atoms with Crippen LogP contribution in [0.3, 0.4) is 0 Å². The minimum atomic E-state index is -0.811. The SMILES string of the molecule is CC(Cn1cccn1)NC(=O)CC1(CC(=O)O)CCCC1. The normalized spacial score (nSPS) is 18.3. The van der Waals surface area contributed by atoms with Crippen LogP contribution in [0, 0.1) is 5.41 Å². The molecule has 2 rings (SSSR count). The Bertz CT molecular complexity index is 478. The summed E-state index contributed by atoms with van der Waals surface area (Å²) in [7, 11) is 0. The van der Waals surface area contributed by atoms with Crippen LogP contribution in [0.25, 0.3) is 0 Å². The van der Waals surface area contributed by atoms with E-state index in [1.54, 1.807) is 10.9 Å². The van der Waals surface area contributed by atoms with Gasteiger partial charge in [-0.3, -0.25) is 14.3 Å². The standard InChI is InChI=1S/C15H23N3O3/c1-12(11-18-8-4-7-16-18)17-13(19)9-15(10-14(20)21)5-2-3-6-15/h4,7-8,12H,2-3,5-6,9-11H2,1H3,(H,17,19)(H,20,21). The number of aliphatic carboxylic acids is 1. The molecule has 1 heterocycles. The fourth-order valence-corrected chi connectivity index (χ4v) is 3.26. The zero-order valence-electron chi connectivity index (χ0n) is 12.4. The van der Waals surface area contributed by atoms with Gasteiger partial charge in [0.05, 0.1) is 13.0 Å². The highest BCUT2D eigenvalue weighted by Gasteiger charge is 2.38. The number of carboxylic acids is 1. The van der Waals surface area contributed by atoms with Gasteiger partial charge >= 0.3 is 5.97 Å². The average molecular weight is 293 g/mol. The van der Waals surface area contributed by atoms with E-state index in [2.05, 4.69) is 10.4 Å². The van der Waals surface area contributed by atoms with E-state index in [9.17, 15) is 9.59 Å². The van der Waals surface area contributed by atoms with Crippen LogP contribution in [0.15, 0.2) is 18.5 Å². The molecule has 1 aliphatic rings. The van der Waals surface area contributed by atoms with Crippen molar-refractivity contribution in [1.29, 1.82) is 0 Å². The summed E-state index contributed by atoms with van der Waals surface area (Å²) in [5.74, 6) is -0.868. The first-order valence-corrected chi connectivity index (χ1v) is 7.48. The summed E-state index contributed by atoms with van der Waals surface area (Å²) in [4.78, 5) is 23.2. The third kappa shape index (κ3) is 4.58. The van der Waals surface area contributed by atoms with Gasteiger partial charge in [-0.25, -0.2) is 0 Å². The summed E-state index contributed by atoms with van der Waals surface area (Å²) in [6, 6.07) is 1.82. The predicted molar refractivity (Wildman–Crippen MR) is 77.6 cm³/mol. The summed E-state index contributed by atoms with van der Waals surface area (Å²) < 4.78 is 1.77. The first-order chi connectivity index (χ1) is 9.99. The number of hydrogen-bond donors (Lipinski definition) is 2. The molecule has 21 heavy (non-hydrogen) atoms. The Morgan fingerprint density at radius 3 is 2.67 bits per heavy atom. The number of amides is 1. The molecule has 0 aromatic carbocycles. The maximum atomic E-state index is 12.2. The number of aromatic nitrogens is 2.